The first kappa shape index (κ1) is 12.9. The summed E-state index contributed by atoms with van der Waals surface area (Å²) in [5.74, 6) is -0.444. The largest absolute Gasteiger partial charge is 0.491 e. The van der Waals surface area contributed by atoms with Crippen molar-refractivity contribution in [1.82, 2.24) is 0 Å². The van der Waals surface area contributed by atoms with Crippen molar-refractivity contribution < 1.29 is 14.5 Å². The lowest BCUT2D eigenvalue weighted by molar-refractivity contribution is -0.384. The molecule has 17 heavy (non-hydrogen) atoms. The number of amides is 1. The smallest absolute Gasteiger partial charge is 0.273 e. The van der Waals surface area contributed by atoms with E-state index in [0.29, 0.717) is 0 Å². The maximum absolute atomic E-state index is 10.9. The molecule has 0 aromatic heterocycles. The molecule has 0 saturated heterocycles. The monoisotopic (exact) mass is 239 g/mol. The average molecular weight is 239 g/mol. The van der Waals surface area contributed by atoms with Crippen molar-refractivity contribution in [1.29, 1.82) is 0 Å². The number of nitrogens with zero attached hydrogens (tertiary/aromatic N) is 1. The third-order valence-electron chi connectivity index (χ3n) is 2.13. The molecule has 1 atom stereocenters. The van der Waals surface area contributed by atoms with Crippen molar-refractivity contribution in [3.63, 3.8) is 0 Å². The minimum absolute atomic E-state index is 0.0969. The van der Waals surface area contributed by atoms with E-state index in [4.69, 9.17) is 16.2 Å². The number of carbonyl (C=O) groups is 1. The van der Waals surface area contributed by atoms with Crippen molar-refractivity contribution in [2.45, 2.75) is 12.5 Å². The van der Waals surface area contributed by atoms with Gasteiger partial charge in [-0.15, -0.1) is 0 Å². The Hall–Kier alpha value is -2.15. The number of rotatable bonds is 5. The van der Waals surface area contributed by atoms with E-state index in [9.17, 15) is 14.9 Å². The van der Waals surface area contributed by atoms with Crippen LogP contribution in [-0.4, -0.2) is 23.0 Å². The van der Waals surface area contributed by atoms with Crippen molar-refractivity contribution in [3.05, 3.63) is 34.4 Å². The van der Waals surface area contributed by atoms with Crippen LogP contribution in [-0.2, 0) is 4.79 Å². The molecular formula is C10H13N3O4. The predicted octanol–water partition coefficient (Wildman–Crippen LogP) is 0.176. The molecule has 0 saturated carbocycles. The van der Waals surface area contributed by atoms with Crippen LogP contribution < -0.4 is 16.2 Å². The minimum atomic E-state index is -1.31. The Labute approximate surface area is 97.5 Å². The van der Waals surface area contributed by atoms with Gasteiger partial charge in [0.2, 0.25) is 5.91 Å². The summed E-state index contributed by atoms with van der Waals surface area (Å²) in [7, 11) is 0. The van der Waals surface area contributed by atoms with Gasteiger partial charge in [0.15, 0.2) is 0 Å². The van der Waals surface area contributed by atoms with E-state index < -0.39 is 16.4 Å². The summed E-state index contributed by atoms with van der Waals surface area (Å²) in [6.45, 7) is 1.27. The summed E-state index contributed by atoms with van der Waals surface area (Å²) in [4.78, 5) is 20.9. The van der Waals surface area contributed by atoms with Crippen molar-refractivity contribution in [2.24, 2.45) is 11.5 Å². The quantitative estimate of drug-likeness (QED) is 0.560. The molecule has 1 aromatic carbocycles. The number of carbonyl (C=O) groups excluding carboxylic acids is 1. The number of nitro groups is 1. The summed E-state index contributed by atoms with van der Waals surface area (Å²) < 4.78 is 5.19. The van der Waals surface area contributed by atoms with E-state index in [1.54, 1.807) is 0 Å². The molecule has 0 fully saturated rings. The molecule has 4 N–H and O–H groups in total. The van der Waals surface area contributed by atoms with Gasteiger partial charge in [0.25, 0.3) is 5.69 Å². The van der Waals surface area contributed by atoms with Crippen LogP contribution in [0.15, 0.2) is 24.3 Å². The van der Waals surface area contributed by atoms with Crippen LogP contribution in [0.25, 0.3) is 0 Å². The maximum Gasteiger partial charge on any atom is 0.273 e. The molecule has 7 heteroatoms. The van der Waals surface area contributed by atoms with E-state index >= 15 is 0 Å². The molecule has 0 aliphatic rings. The average Bonchev–Trinajstić information content (AvgIpc) is 2.26. The Kier molecular flexibility index (Phi) is 3.64. The molecule has 0 spiro atoms. The van der Waals surface area contributed by atoms with Crippen LogP contribution in [0.4, 0.5) is 5.69 Å². The third-order valence-corrected chi connectivity index (χ3v) is 2.13. The van der Waals surface area contributed by atoms with E-state index in [0.717, 1.165) is 0 Å². The first-order valence-corrected chi connectivity index (χ1v) is 4.79. The highest BCUT2D eigenvalue weighted by atomic mass is 16.6. The molecule has 0 radical (unpaired) electrons. The number of hydrogen-bond acceptors (Lipinski definition) is 5. The Bertz CT molecular complexity index is 445. The fraction of sp³-hybridized carbons (Fsp3) is 0.300. The van der Waals surface area contributed by atoms with Crippen molar-refractivity contribution >= 4 is 11.6 Å². The number of benzene rings is 1. The van der Waals surface area contributed by atoms with Gasteiger partial charge in [-0.2, -0.15) is 0 Å². The lowest BCUT2D eigenvalue weighted by Gasteiger charge is -2.20. The second-order valence-corrected chi connectivity index (χ2v) is 3.82. The van der Waals surface area contributed by atoms with Crippen LogP contribution in [0.3, 0.4) is 0 Å². The minimum Gasteiger partial charge on any atom is -0.491 e. The summed E-state index contributed by atoms with van der Waals surface area (Å²) in [5, 5.41) is 10.5. The number of nitrogens with two attached hydrogens (primary N) is 2. The molecule has 1 unspecified atom stereocenters. The molecule has 0 aliphatic heterocycles. The maximum atomic E-state index is 10.9. The number of hydrogen-bond donors (Lipinski definition) is 2. The number of nitro benzene ring substituents is 1. The molecule has 1 amide bonds. The van der Waals surface area contributed by atoms with Crippen LogP contribution in [0, 0.1) is 10.1 Å². The first-order valence-electron chi connectivity index (χ1n) is 4.79. The predicted molar refractivity (Wildman–Crippen MR) is 60.4 cm³/mol. The highest BCUT2D eigenvalue weighted by molar-refractivity contribution is 5.84. The Morgan fingerprint density at radius 3 is 2.76 bits per heavy atom. The standard InChI is InChI=1S/C10H13N3O4/c1-10(12,9(11)14)6-17-8-4-2-3-7(5-8)13(15)16/h2-5H,6,12H2,1H3,(H2,11,14). The zero-order chi connectivity index (χ0) is 13.1. The molecule has 0 aliphatic carbocycles. The van der Waals surface area contributed by atoms with Crippen LogP contribution in [0.1, 0.15) is 6.92 Å². The van der Waals surface area contributed by atoms with Crippen molar-refractivity contribution in [2.75, 3.05) is 6.61 Å². The second kappa shape index (κ2) is 4.79. The SMILES string of the molecule is CC(N)(COc1cccc([N+](=O)[O-])c1)C(N)=O. The van der Waals surface area contributed by atoms with E-state index in [1.165, 1.54) is 31.2 Å². The van der Waals surface area contributed by atoms with E-state index in [2.05, 4.69) is 0 Å². The molecule has 7 nitrogen and oxygen atoms in total. The normalized spacial score (nSPS) is 13.8. The van der Waals surface area contributed by atoms with Gasteiger partial charge in [0, 0.05) is 6.07 Å². The van der Waals surface area contributed by atoms with Gasteiger partial charge in [0.05, 0.1) is 11.0 Å². The number of non-ortho nitro benzene ring substituents is 1. The molecule has 0 bridgehead atoms. The van der Waals surface area contributed by atoms with Gasteiger partial charge in [-0.1, -0.05) is 6.07 Å². The fourth-order valence-corrected chi connectivity index (χ4v) is 0.991. The van der Waals surface area contributed by atoms with Crippen LogP contribution in [0.5, 0.6) is 5.75 Å². The summed E-state index contributed by atoms with van der Waals surface area (Å²) in [6, 6.07) is 5.59. The summed E-state index contributed by atoms with van der Waals surface area (Å²) >= 11 is 0. The fourth-order valence-electron chi connectivity index (χ4n) is 0.991. The Balaban J connectivity index is 2.73. The Morgan fingerprint density at radius 1 is 1.59 bits per heavy atom. The van der Waals surface area contributed by atoms with Crippen LogP contribution in [0.2, 0.25) is 0 Å². The lowest BCUT2D eigenvalue weighted by atomic mass is 10.1. The molecule has 92 valence electrons. The van der Waals surface area contributed by atoms with Gasteiger partial charge in [-0.25, -0.2) is 0 Å². The van der Waals surface area contributed by atoms with E-state index in [-0.39, 0.29) is 18.0 Å². The van der Waals surface area contributed by atoms with Gasteiger partial charge in [-0.05, 0) is 13.0 Å². The molecule has 0 heterocycles. The zero-order valence-electron chi connectivity index (χ0n) is 9.25. The molecular weight excluding hydrogens is 226 g/mol. The zero-order valence-corrected chi connectivity index (χ0v) is 9.25. The summed E-state index contributed by atoms with van der Waals surface area (Å²) in [5.41, 5.74) is 9.22. The van der Waals surface area contributed by atoms with Gasteiger partial charge in [-0.3, -0.25) is 14.9 Å². The second-order valence-electron chi connectivity index (χ2n) is 3.82. The Morgan fingerprint density at radius 2 is 2.24 bits per heavy atom. The number of primary amides is 1. The topological polar surface area (TPSA) is 121 Å². The third kappa shape index (κ3) is 3.42. The number of ether oxygens (including phenoxy) is 1. The van der Waals surface area contributed by atoms with Gasteiger partial charge in [0.1, 0.15) is 17.9 Å². The molecule has 1 rings (SSSR count). The van der Waals surface area contributed by atoms with Gasteiger partial charge < -0.3 is 16.2 Å². The highest BCUT2D eigenvalue weighted by Crippen LogP contribution is 2.19. The first-order chi connectivity index (χ1) is 7.83. The summed E-state index contributed by atoms with van der Waals surface area (Å²) in [6.07, 6.45) is 0. The lowest BCUT2D eigenvalue weighted by Crippen LogP contribution is -2.53. The molecule has 1 aromatic rings. The van der Waals surface area contributed by atoms with Crippen LogP contribution >= 0.6 is 0 Å². The van der Waals surface area contributed by atoms with E-state index in [1.807, 2.05) is 0 Å². The van der Waals surface area contributed by atoms with Gasteiger partial charge >= 0.3 is 0 Å². The van der Waals surface area contributed by atoms with Crippen molar-refractivity contribution in [3.8, 4) is 5.75 Å². The highest BCUT2D eigenvalue weighted by Gasteiger charge is 2.26.